The SMILES string of the molecule is CCNC(=O)[C@H](C)N(Cc1c(Cl)cccc1Cl)C(=O)CN(c1ccccc1)S(=O)(=O)c1ccc(Cl)cc1. The van der Waals surface area contributed by atoms with Crippen molar-refractivity contribution in [1.29, 1.82) is 0 Å². The number of likely N-dealkylation sites (N-methyl/N-ethyl adjacent to an activating group) is 1. The van der Waals surface area contributed by atoms with E-state index in [0.29, 0.717) is 27.2 Å². The Morgan fingerprint density at radius 2 is 1.49 bits per heavy atom. The van der Waals surface area contributed by atoms with E-state index in [4.69, 9.17) is 34.8 Å². The zero-order chi connectivity index (χ0) is 27.2. The van der Waals surface area contributed by atoms with Crippen LogP contribution in [0.2, 0.25) is 15.1 Å². The highest BCUT2D eigenvalue weighted by atomic mass is 35.5. The number of nitrogens with one attached hydrogen (secondary N) is 1. The van der Waals surface area contributed by atoms with Crippen molar-refractivity contribution < 1.29 is 18.0 Å². The molecule has 0 aliphatic carbocycles. The summed E-state index contributed by atoms with van der Waals surface area (Å²) in [6.45, 7) is 3.02. The Labute approximate surface area is 232 Å². The maximum absolute atomic E-state index is 13.8. The number of sulfonamides is 1. The van der Waals surface area contributed by atoms with Crippen LogP contribution >= 0.6 is 34.8 Å². The van der Waals surface area contributed by atoms with Crippen molar-refractivity contribution in [3.63, 3.8) is 0 Å². The lowest BCUT2D eigenvalue weighted by Gasteiger charge is -2.32. The lowest BCUT2D eigenvalue weighted by molar-refractivity contribution is -0.139. The van der Waals surface area contributed by atoms with Crippen LogP contribution in [0.3, 0.4) is 0 Å². The molecule has 11 heteroatoms. The third-order valence-corrected chi connectivity index (χ3v) is 8.38. The van der Waals surface area contributed by atoms with Gasteiger partial charge in [-0.25, -0.2) is 8.42 Å². The molecule has 0 unspecified atom stereocenters. The lowest BCUT2D eigenvalue weighted by atomic mass is 10.1. The molecule has 7 nitrogen and oxygen atoms in total. The van der Waals surface area contributed by atoms with E-state index in [0.717, 1.165) is 4.31 Å². The maximum atomic E-state index is 13.8. The van der Waals surface area contributed by atoms with Gasteiger partial charge in [-0.1, -0.05) is 59.1 Å². The van der Waals surface area contributed by atoms with Crippen molar-refractivity contribution in [3.05, 3.63) is 93.4 Å². The summed E-state index contributed by atoms with van der Waals surface area (Å²) in [4.78, 5) is 27.7. The minimum absolute atomic E-state index is 0.0361. The van der Waals surface area contributed by atoms with Gasteiger partial charge in [0.1, 0.15) is 12.6 Å². The van der Waals surface area contributed by atoms with Crippen LogP contribution in [0.25, 0.3) is 0 Å². The average Bonchev–Trinajstić information content (AvgIpc) is 2.87. The normalized spacial score (nSPS) is 12.0. The second-order valence-electron chi connectivity index (χ2n) is 8.09. The van der Waals surface area contributed by atoms with E-state index in [2.05, 4.69) is 5.32 Å². The van der Waals surface area contributed by atoms with Crippen LogP contribution in [0.1, 0.15) is 19.4 Å². The van der Waals surface area contributed by atoms with E-state index in [1.807, 2.05) is 0 Å². The Balaban J connectivity index is 2.04. The molecule has 3 aromatic rings. The standard InChI is InChI=1S/C26H26Cl3N3O4S/c1-3-30-26(34)18(2)31(16-22-23(28)10-7-11-24(22)29)25(33)17-32(20-8-5-4-6-9-20)37(35,36)21-14-12-19(27)13-15-21/h4-15,18H,3,16-17H2,1-2H3,(H,30,34)/t18-/m0/s1. The molecule has 0 saturated carbocycles. The summed E-state index contributed by atoms with van der Waals surface area (Å²) in [5.74, 6) is -1.01. The molecular weight excluding hydrogens is 557 g/mol. The second kappa shape index (κ2) is 12.6. The summed E-state index contributed by atoms with van der Waals surface area (Å²) in [7, 11) is -4.17. The molecule has 3 rings (SSSR count). The molecule has 0 aliphatic heterocycles. The van der Waals surface area contributed by atoms with Gasteiger partial charge in [0.05, 0.1) is 10.6 Å². The van der Waals surface area contributed by atoms with E-state index in [9.17, 15) is 18.0 Å². The van der Waals surface area contributed by atoms with Crippen molar-refractivity contribution in [1.82, 2.24) is 10.2 Å². The molecule has 0 saturated heterocycles. The number of benzene rings is 3. The van der Waals surface area contributed by atoms with E-state index in [1.54, 1.807) is 62.4 Å². The number of amides is 2. The van der Waals surface area contributed by atoms with E-state index in [1.165, 1.54) is 29.2 Å². The molecule has 0 heterocycles. The van der Waals surface area contributed by atoms with Gasteiger partial charge in [0.2, 0.25) is 11.8 Å². The number of carbonyl (C=O) groups is 2. The number of rotatable bonds is 10. The number of para-hydroxylation sites is 1. The highest BCUT2D eigenvalue weighted by molar-refractivity contribution is 7.92. The van der Waals surface area contributed by atoms with Gasteiger partial charge >= 0.3 is 0 Å². The number of hydrogen-bond donors (Lipinski definition) is 1. The first-order valence-corrected chi connectivity index (χ1v) is 14.0. The van der Waals surface area contributed by atoms with Crippen LogP contribution in [0.4, 0.5) is 5.69 Å². The third-order valence-electron chi connectivity index (χ3n) is 5.63. The molecule has 1 N–H and O–H groups in total. The van der Waals surface area contributed by atoms with Gasteiger partial charge in [-0.2, -0.15) is 0 Å². The molecule has 2 amide bonds. The van der Waals surface area contributed by atoms with Crippen molar-refractivity contribution in [2.45, 2.75) is 31.3 Å². The van der Waals surface area contributed by atoms with Crippen LogP contribution in [0, 0.1) is 0 Å². The molecule has 196 valence electrons. The van der Waals surface area contributed by atoms with E-state index in [-0.39, 0.29) is 17.1 Å². The van der Waals surface area contributed by atoms with Crippen LogP contribution < -0.4 is 9.62 Å². The molecule has 0 fully saturated rings. The van der Waals surface area contributed by atoms with Gasteiger partial charge < -0.3 is 10.2 Å². The van der Waals surface area contributed by atoms with Crippen LogP contribution in [-0.2, 0) is 26.2 Å². The van der Waals surface area contributed by atoms with Gasteiger partial charge in [0, 0.05) is 33.7 Å². The topological polar surface area (TPSA) is 86.8 Å². The van der Waals surface area contributed by atoms with Crippen molar-refractivity contribution in [3.8, 4) is 0 Å². The first-order chi connectivity index (χ1) is 17.6. The van der Waals surface area contributed by atoms with Gasteiger partial charge in [0.25, 0.3) is 10.0 Å². The summed E-state index contributed by atoms with van der Waals surface area (Å²) in [6, 6.07) is 17.9. The molecule has 0 bridgehead atoms. The Hall–Kier alpha value is -2.78. The average molecular weight is 583 g/mol. The zero-order valence-corrected chi connectivity index (χ0v) is 23.3. The summed E-state index contributed by atoms with van der Waals surface area (Å²) >= 11 is 18.6. The number of carbonyl (C=O) groups excluding carboxylic acids is 2. The van der Waals surface area contributed by atoms with Crippen LogP contribution in [0.5, 0.6) is 0 Å². The second-order valence-corrected chi connectivity index (χ2v) is 11.2. The fraction of sp³-hybridized carbons (Fsp3) is 0.231. The Bertz CT molecular complexity index is 1330. The predicted molar refractivity (Wildman–Crippen MR) is 148 cm³/mol. The quantitative estimate of drug-likeness (QED) is 0.347. The number of anilines is 1. The Kier molecular flexibility index (Phi) is 9.84. The van der Waals surface area contributed by atoms with Crippen molar-refractivity contribution in [2.75, 3.05) is 17.4 Å². The highest BCUT2D eigenvalue weighted by Gasteiger charge is 2.33. The molecule has 0 spiro atoms. The van der Waals surface area contributed by atoms with Gasteiger partial charge in [-0.15, -0.1) is 0 Å². The maximum Gasteiger partial charge on any atom is 0.264 e. The minimum Gasteiger partial charge on any atom is -0.355 e. The molecule has 0 aliphatic rings. The van der Waals surface area contributed by atoms with E-state index < -0.39 is 34.4 Å². The minimum atomic E-state index is -4.17. The Morgan fingerprint density at radius 3 is 2.05 bits per heavy atom. The smallest absolute Gasteiger partial charge is 0.264 e. The first-order valence-electron chi connectivity index (χ1n) is 11.4. The molecule has 37 heavy (non-hydrogen) atoms. The number of hydrogen-bond acceptors (Lipinski definition) is 4. The zero-order valence-electron chi connectivity index (χ0n) is 20.2. The van der Waals surface area contributed by atoms with Gasteiger partial charge in [-0.3, -0.25) is 13.9 Å². The largest absolute Gasteiger partial charge is 0.355 e. The summed E-state index contributed by atoms with van der Waals surface area (Å²) in [6.07, 6.45) is 0. The molecule has 3 aromatic carbocycles. The fourth-order valence-corrected chi connectivity index (χ4v) is 5.67. The van der Waals surface area contributed by atoms with Gasteiger partial charge in [-0.05, 0) is 62.4 Å². The van der Waals surface area contributed by atoms with Crippen LogP contribution in [-0.4, -0.2) is 44.3 Å². The number of nitrogens with zero attached hydrogens (tertiary/aromatic N) is 2. The Morgan fingerprint density at radius 1 is 0.892 bits per heavy atom. The molecular formula is C26H26Cl3N3O4S. The predicted octanol–water partition coefficient (Wildman–Crippen LogP) is 5.40. The molecule has 1 atom stereocenters. The first kappa shape index (κ1) is 28.8. The van der Waals surface area contributed by atoms with Gasteiger partial charge in [0.15, 0.2) is 0 Å². The van der Waals surface area contributed by atoms with E-state index >= 15 is 0 Å². The molecule has 0 aromatic heterocycles. The monoisotopic (exact) mass is 581 g/mol. The number of halogens is 3. The molecule has 0 radical (unpaired) electrons. The highest BCUT2D eigenvalue weighted by Crippen LogP contribution is 2.28. The third kappa shape index (κ3) is 6.96. The lowest BCUT2D eigenvalue weighted by Crippen LogP contribution is -2.51. The van der Waals surface area contributed by atoms with Crippen molar-refractivity contribution in [2.24, 2.45) is 0 Å². The summed E-state index contributed by atoms with van der Waals surface area (Å²) in [5.41, 5.74) is 0.731. The van der Waals surface area contributed by atoms with Crippen molar-refractivity contribution >= 4 is 62.3 Å². The summed E-state index contributed by atoms with van der Waals surface area (Å²) in [5, 5.41) is 3.72. The van der Waals surface area contributed by atoms with Crippen LogP contribution in [0.15, 0.2) is 77.7 Å². The summed E-state index contributed by atoms with van der Waals surface area (Å²) < 4.78 is 28.3. The fourth-order valence-electron chi connectivity index (χ4n) is 3.62.